The fourth-order valence-corrected chi connectivity index (χ4v) is 1.36. The number of nitrogens with zero attached hydrogens (tertiary/aromatic N) is 1. The summed E-state index contributed by atoms with van der Waals surface area (Å²) < 4.78 is 0. The van der Waals surface area contributed by atoms with Crippen LogP contribution in [0.3, 0.4) is 0 Å². The number of carboxylic acid groups (broad SMARTS) is 1. The Balaban J connectivity index is 2.10. The van der Waals surface area contributed by atoms with Gasteiger partial charge >= 0.3 is 12.1 Å². The van der Waals surface area contributed by atoms with Gasteiger partial charge in [-0.3, -0.25) is 0 Å². The summed E-state index contributed by atoms with van der Waals surface area (Å²) in [6.07, 6.45) is 0.589. The fraction of sp³-hybridized carbons (Fsp3) is 0.750. The Morgan fingerprint density at radius 2 is 2.43 bits per heavy atom. The highest BCUT2D eigenvalue weighted by Crippen LogP contribution is 1.99. The smallest absolute Gasteiger partial charge is 0.404 e. The monoisotopic (exact) mass is 201 g/mol. The van der Waals surface area contributed by atoms with E-state index in [4.69, 9.17) is 5.11 Å². The van der Waals surface area contributed by atoms with Gasteiger partial charge in [-0.25, -0.2) is 9.59 Å². The molecule has 0 spiro atoms. The fourth-order valence-electron chi connectivity index (χ4n) is 1.36. The number of hydrogen-bond acceptors (Lipinski definition) is 2. The summed E-state index contributed by atoms with van der Waals surface area (Å²) in [6, 6.07) is -0.0495. The second-order valence-electron chi connectivity index (χ2n) is 3.16. The van der Waals surface area contributed by atoms with Crippen molar-refractivity contribution in [2.45, 2.75) is 12.8 Å². The minimum Gasteiger partial charge on any atom is -0.465 e. The second kappa shape index (κ2) is 5.31. The third-order valence-electron chi connectivity index (χ3n) is 2.05. The largest absolute Gasteiger partial charge is 0.465 e. The highest BCUT2D eigenvalue weighted by Gasteiger charge is 2.16. The first kappa shape index (κ1) is 10.6. The van der Waals surface area contributed by atoms with E-state index in [9.17, 15) is 9.59 Å². The molecule has 0 radical (unpaired) electrons. The lowest BCUT2D eigenvalue weighted by Gasteiger charge is -2.27. The molecule has 1 aliphatic rings. The number of hydrogen-bond donors (Lipinski definition) is 3. The normalized spacial score (nSPS) is 16.3. The Morgan fingerprint density at radius 3 is 3.07 bits per heavy atom. The van der Waals surface area contributed by atoms with Crippen molar-refractivity contribution in [3.8, 4) is 0 Å². The van der Waals surface area contributed by atoms with Crippen molar-refractivity contribution in [3.63, 3.8) is 0 Å². The van der Waals surface area contributed by atoms with Crippen LogP contribution in [0, 0.1) is 0 Å². The third-order valence-corrected chi connectivity index (χ3v) is 2.05. The van der Waals surface area contributed by atoms with E-state index in [1.807, 2.05) is 0 Å². The maximum atomic E-state index is 11.2. The van der Waals surface area contributed by atoms with Crippen molar-refractivity contribution >= 4 is 12.1 Å². The van der Waals surface area contributed by atoms with E-state index < -0.39 is 6.09 Å². The van der Waals surface area contributed by atoms with Crippen molar-refractivity contribution in [1.29, 1.82) is 0 Å². The number of carbonyl (C=O) groups excluding carboxylic acids is 1. The van der Waals surface area contributed by atoms with Crippen LogP contribution >= 0.6 is 0 Å². The maximum absolute atomic E-state index is 11.2. The molecule has 0 saturated carbocycles. The van der Waals surface area contributed by atoms with Gasteiger partial charge in [0.15, 0.2) is 0 Å². The molecule has 0 aliphatic carbocycles. The van der Waals surface area contributed by atoms with Crippen LogP contribution in [0.5, 0.6) is 0 Å². The van der Waals surface area contributed by atoms with E-state index >= 15 is 0 Å². The summed E-state index contributed by atoms with van der Waals surface area (Å²) in [6.45, 7) is 2.49. The van der Waals surface area contributed by atoms with Crippen LogP contribution in [0.1, 0.15) is 12.8 Å². The van der Waals surface area contributed by atoms with Crippen LogP contribution in [0.15, 0.2) is 0 Å². The standard InChI is InChI=1S/C8H15N3O3/c12-7-9-3-1-5-11(7)6-2-4-10-8(13)14/h10H,1-6H2,(H,9,12)(H,13,14). The number of carbonyl (C=O) groups is 2. The first-order valence-corrected chi connectivity index (χ1v) is 4.70. The molecular weight excluding hydrogens is 186 g/mol. The molecule has 0 bridgehead atoms. The van der Waals surface area contributed by atoms with Crippen molar-refractivity contribution in [2.24, 2.45) is 0 Å². The molecule has 6 nitrogen and oxygen atoms in total. The van der Waals surface area contributed by atoms with Gasteiger partial charge in [0, 0.05) is 26.2 Å². The molecule has 0 atom stereocenters. The molecule has 1 saturated heterocycles. The Hall–Kier alpha value is -1.46. The average molecular weight is 201 g/mol. The lowest BCUT2D eigenvalue weighted by atomic mass is 10.3. The number of rotatable bonds is 4. The van der Waals surface area contributed by atoms with Gasteiger partial charge in [0.25, 0.3) is 0 Å². The zero-order valence-corrected chi connectivity index (χ0v) is 7.95. The first-order valence-electron chi connectivity index (χ1n) is 4.70. The van der Waals surface area contributed by atoms with Gasteiger partial charge in [0.1, 0.15) is 0 Å². The van der Waals surface area contributed by atoms with Gasteiger partial charge in [-0.15, -0.1) is 0 Å². The van der Waals surface area contributed by atoms with E-state index in [1.54, 1.807) is 4.90 Å². The number of nitrogens with one attached hydrogen (secondary N) is 2. The lowest BCUT2D eigenvalue weighted by molar-refractivity contribution is 0.183. The van der Waals surface area contributed by atoms with Crippen LogP contribution in [0.25, 0.3) is 0 Å². The van der Waals surface area contributed by atoms with Gasteiger partial charge in [-0.1, -0.05) is 0 Å². The SMILES string of the molecule is O=C(O)NCCCN1CCCNC1=O. The minimum atomic E-state index is -1.02. The average Bonchev–Trinajstić information content (AvgIpc) is 2.15. The van der Waals surface area contributed by atoms with E-state index in [1.165, 1.54) is 0 Å². The van der Waals surface area contributed by atoms with E-state index in [2.05, 4.69) is 10.6 Å². The molecule has 1 fully saturated rings. The highest BCUT2D eigenvalue weighted by molar-refractivity contribution is 5.74. The summed E-state index contributed by atoms with van der Waals surface area (Å²) in [5.41, 5.74) is 0. The highest BCUT2D eigenvalue weighted by atomic mass is 16.4. The topological polar surface area (TPSA) is 81.7 Å². The van der Waals surface area contributed by atoms with E-state index in [0.29, 0.717) is 19.5 Å². The molecule has 0 unspecified atom stereocenters. The Morgan fingerprint density at radius 1 is 1.64 bits per heavy atom. The third kappa shape index (κ3) is 3.51. The molecule has 14 heavy (non-hydrogen) atoms. The Kier molecular flexibility index (Phi) is 4.03. The molecule has 1 heterocycles. The lowest BCUT2D eigenvalue weighted by Crippen LogP contribution is -2.47. The quantitative estimate of drug-likeness (QED) is 0.562. The zero-order valence-electron chi connectivity index (χ0n) is 7.95. The van der Waals surface area contributed by atoms with Crippen LogP contribution in [-0.2, 0) is 0 Å². The predicted molar refractivity (Wildman–Crippen MR) is 50.2 cm³/mol. The summed E-state index contributed by atoms with van der Waals surface area (Å²) in [5, 5.41) is 13.3. The van der Waals surface area contributed by atoms with Gasteiger partial charge in [0.2, 0.25) is 0 Å². The number of urea groups is 1. The second-order valence-corrected chi connectivity index (χ2v) is 3.16. The van der Waals surface area contributed by atoms with Gasteiger partial charge in [-0.05, 0) is 12.8 Å². The zero-order chi connectivity index (χ0) is 10.4. The van der Waals surface area contributed by atoms with E-state index in [-0.39, 0.29) is 6.03 Å². The number of amides is 3. The van der Waals surface area contributed by atoms with Gasteiger partial charge in [0.05, 0.1) is 0 Å². The molecule has 0 aromatic carbocycles. The molecule has 1 rings (SSSR count). The van der Waals surface area contributed by atoms with Crippen LogP contribution < -0.4 is 10.6 Å². The summed E-state index contributed by atoms with van der Waals surface area (Å²) in [5.74, 6) is 0. The first-order chi connectivity index (χ1) is 6.70. The molecule has 3 N–H and O–H groups in total. The van der Waals surface area contributed by atoms with Crippen molar-refractivity contribution < 1.29 is 14.7 Å². The molecule has 0 aromatic heterocycles. The molecule has 3 amide bonds. The van der Waals surface area contributed by atoms with Crippen LogP contribution in [0.4, 0.5) is 9.59 Å². The van der Waals surface area contributed by atoms with Crippen molar-refractivity contribution in [3.05, 3.63) is 0 Å². The Bertz CT molecular complexity index is 220. The molecular formula is C8H15N3O3. The summed E-state index contributed by atoms with van der Waals surface area (Å²) in [7, 11) is 0. The van der Waals surface area contributed by atoms with Crippen LogP contribution in [0.2, 0.25) is 0 Å². The summed E-state index contributed by atoms with van der Waals surface area (Å²) in [4.78, 5) is 23.0. The van der Waals surface area contributed by atoms with Crippen LogP contribution in [-0.4, -0.2) is 48.3 Å². The maximum Gasteiger partial charge on any atom is 0.404 e. The Labute approximate surface area is 82.3 Å². The van der Waals surface area contributed by atoms with Crippen molar-refractivity contribution in [2.75, 3.05) is 26.2 Å². The predicted octanol–water partition coefficient (Wildman–Crippen LogP) is 0.0594. The minimum absolute atomic E-state index is 0.0495. The summed E-state index contributed by atoms with van der Waals surface area (Å²) >= 11 is 0. The molecule has 0 aromatic rings. The van der Waals surface area contributed by atoms with Gasteiger partial charge < -0.3 is 20.6 Å². The molecule has 1 aliphatic heterocycles. The molecule has 80 valence electrons. The van der Waals surface area contributed by atoms with Crippen molar-refractivity contribution in [1.82, 2.24) is 15.5 Å². The van der Waals surface area contributed by atoms with Gasteiger partial charge in [-0.2, -0.15) is 0 Å². The van der Waals surface area contributed by atoms with E-state index in [0.717, 1.165) is 19.5 Å². The molecule has 6 heteroatoms.